The second kappa shape index (κ2) is 5.34. The first kappa shape index (κ1) is 13.0. The molecule has 1 aromatic heterocycles. The molecule has 0 amide bonds. The molecule has 0 aliphatic heterocycles. The van der Waals surface area contributed by atoms with E-state index < -0.39 is 0 Å². The zero-order valence-electron chi connectivity index (χ0n) is 8.70. The van der Waals surface area contributed by atoms with E-state index in [1.54, 1.807) is 0 Å². The molecule has 0 spiro atoms. The second-order valence-electron chi connectivity index (χ2n) is 3.32. The van der Waals surface area contributed by atoms with E-state index in [2.05, 4.69) is 9.97 Å². The number of hydrogen-bond donors (Lipinski definition) is 2. The summed E-state index contributed by atoms with van der Waals surface area (Å²) in [7, 11) is 0. The molecule has 0 bridgehead atoms. The van der Waals surface area contributed by atoms with Crippen LogP contribution in [0.15, 0.2) is 24.3 Å². The molecule has 2 rings (SSSR count). The number of nitrogens with zero attached hydrogens (tertiary/aromatic N) is 1. The average Bonchev–Trinajstić information content (AvgIpc) is 2.61. The van der Waals surface area contributed by atoms with Crippen molar-refractivity contribution in [3.05, 3.63) is 40.7 Å². The minimum atomic E-state index is -0.0457. The van der Waals surface area contributed by atoms with Gasteiger partial charge in [0.05, 0.1) is 12.3 Å². The van der Waals surface area contributed by atoms with E-state index in [0.717, 1.165) is 17.1 Å². The molecule has 2 N–H and O–H groups in total. The number of nitrogens with one attached hydrogen (secondary N) is 1. The fraction of sp³-hybridized carbons (Fsp3) is 0.182. The molecule has 16 heavy (non-hydrogen) atoms. The highest BCUT2D eigenvalue weighted by atomic mass is 35.5. The van der Waals surface area contributed by atoms with Gasteiger partial charge in [-0.15, -0.1) is 12.4 Å². The number of halogens is 2. The largest absolute Gasteiger partial charge is 0.390 e. The number of aliphatic hydroxyl groups is 1. The third-order valence-electron chi connectivity index (χ3n) is 2.25. The first-order valence-electron chi connectivity index (χ1n) is 4.63. The summed E-state index contributed by atoms with van der Waals surface area (Å²) in [6.45, 7) is 1.84. The molecule has 0 aliphatic carbocycles. The van der Waals surface area contributed by atoms with Crippen molar-refractivity contribution in [3.63, 3.8) is 0 Å². The predicted molar refractivity (Wildman–Crippen MR) is 66.9 cm³/mol. The monoisotopic (exact) mass is 258 g/mol. The lowest BCUT2D eigenvalue weighted by molar-refractivity contribution is 0.276. The maximum absolute atomic E-state index is 9.02. The normalized spacial score (nSPS) is 9.94. The Hall–Kier alpha value is -1.03. The van der Waals surface area contributed by atoms with Crippen LogP contribution >= 0.6 is 24.0 Å². The van der Waals surface area contributed by atoms with Crippen LogP contribution in [0.5, 0.6) is 0 Å². The topological polar surface area (TPSA) is 48.9 Å². The predicted octanol–water partition coefficient (Wildman–Crippen LogP) is 2.95. The van der Waals surface area contributed by atoms with Crippen molar-refractivity contribution in [1.29, 1.82) is 0 Å². The lowest BCUT2D eigenvalue weighted by atomic mass is 10.2. The number of H-pyrrole nitrogens is 1. The van der Waals surface area contributed by atoms with Crippen LogP contribution in [-0.4, -0.2) is 15.1 Å². The summed E-state index contributed by atoms with van der Waals surface area (Å²) in [6.07, 6.45) is 0. The quantitative estimate of drug-likeness (QED) is 0.871. The first-order chi connectivity index (χ1) is 7.20. The highest BCUT2D eigenvalue weighted by Crippen LogP contribution is 2.20. The van der Waals surface area contributed by atoms with Crippen LogP contribution in [0.2, 0.25) is 5.02 Å². The Morgan fingerprint density at radius 1 is 1.31 bits per heavy atom. The van der Waals surface area contributed by atoms with Crippen LogP contribution in [0.3, 0.4) is 0 Å². The Labute approximate surface area is 105 Å². The highest BCUT2D eigenvalue weighted by molar-refractivity contribution is 6.30. The minimum absolute atomic E-state index is 0. The van der Waals surface area contributed by atoms with E-state index in [1.807, 2.05) is 31.2 Å². The molecule has 0 unspecified atom stereocenters. The molecule has 0 atom stereocenters. The smallest absolute Gasteiger partial charge is 0.137 e. The fourth-order valence-electron chi connectivity index (χ4n) is 1.39. The van der Waals surface area contributed by atoms with Gasteiger partial charge in [-0.25, -0.2) is 4.98 Å². The van der Waals surface area contributed by atoms with Crippen LogP contribution in [0.1, 0.15) is 11.4 Å². The molecule has 0 aliphatic rings. The van der Waals surface area contributed by atoms with E-state index in [-0.39, 0.29) is 19.0 Å². The van der Waals surface area contributed by atoms with Crippen molar-refractivity contribution in [2.24, 2.45) is 0 Å². The van der Waals surface area contributed by atoms with Crippen molar-refractivity contribution in [2.45, 2.75) is 13.5 Å². The Morgan fingerprint density at radius 3 is 2.44 bits per heavy atom. The van der Waals surface area contributed by atoms with Gasteiger partial charge in [-0.2, -0.15) is 0 Å². The van der Waals surface area contributed by atoms with Crippen molar-refractivity contribution < 1.29 is 5.11 Å². The third kappa shape index (κ3) is 2.55. The van der Waals surface area contributed by atoms with E-state index in [0.29, 0.717) is 10.7 Å². The Bertz CT molecular complexity index is 465. The summed E-state index contributed by atoms with van der Waals surface area (Å²) >= 11 is 5.79. The number of rotatable bonds is 2. The van der Waals surface area contributed by atoms with Gasteiger partial charge in [-0.3, -0.25) is 0 Å². The summed E-state index contributed by atoms with van der Waals surface area (Å²) in [5, 5.41) is 9.72. The maximum Gasteiger partial charge on any atom is 0.137 e. The van der Waals surface area contributed by atoms with E-state index >= 15 is 0 Å². The van der Waals surface area contributed by atoms with E-state index in [4.69, 9.17) is 16.7 Å². The molecule has 0 fully saturated rings. The molecule has 0 radical (unpaired) electrons. The Balaban J connectivity index is 0.00000128. The van der Waals surface area contributed by atoms with E-state index in [1.165, 1.54) is 0 Å². The van der Waals surface area contributed by atoms with Crippen molar-refractivity contribution in [3.8, 4) is 11.4 Å². The minimum Gasteiger partial charge on any atom is -0.390 e. The summed E-state index contributed by atoms with van der Waals surface area (Å²) in [5.74, 6) is 0.758. The van der Waals surface area contributed by atoms with Crippen molar-refractivity contribution >= 4 is 24.0 Å². The molecule has 2 aromatic rings. The summed E-state index contributed by atoms with van der Waals surface area (Å²) in [6, 6.07) is 7.41. The number of aromatic amines is 1. The number of aliphatic hydroxyl groups excluding tert-OH is 1. The molecule has 3 nitrogen and oxygen atoms in total. The lowest BCUT2D eigenvalue weighted by Gasteiger charge is -1.95. The van der Waals surface area contributed by atoms with Gasteiger partial charge in [0.25, 0.3) is 0 Å². The van der Waals surface area contributed by atoms with Gasteiger partial charge < -0.3 is 10.1 Å². The Morgan fingerprint density at radius 2 is 1.94 bits per heavy atom. The van der Waals surface area contributed by atoms with Crippen LogP contribution < -0.4 is 0 Å². The van der Waals surface area contributed by atoms with Gasteiger partial charge in [-0.1, -0.05) is 11.6 Å². The number of aromatic nitrogens is 2. The van der Waals surface area contributed by atoms with E-state index in [9.17, 15) is 0 Å². The second-order valence-corrected chi connectivity index (χ2v) is 3.76. The number of hydrogen-bond acceptors (Lipinski definition) is 2. The summed E-state index contributed by atoms with van der Waals surface area (Å²) < 4.78 is 0. The SMILES string of the molecule is Cc1[nH]c(-c2ccc(Cl)cc2)nc1CO.Cl. The van der Waals surface area contributed by atoms with Gasteiger partial charge >= 0.3 is 0 Å². The average molecular weight is 259 g/mol. The van der Waals surface area contributed by atoms with Gasteiger partial charge in [0.15, 0.2) is 0 Å². The van der Waals surface area contributed by atoms with Crippen molar-refractivity contribution in [1.82, 2.24) is 9.97 Å². The zero-order valence-corrected chi connectivity index (χ0v) is 10.3. The zero-order chi connectivity index (χ0) is 10.8. The lowest BCUT2D eigenvalue weighted by Crippen LogP contribution is -1.85. The number of aryl methyl sites for hydroxylation is 1. The number of benzene rings is 1. The highest BCUT2D eigenvalue weighted by Gasteiger charge is 2.06. The summed E-state index contributed by atoms with van der Waals surface area (Å²) in [4.78, 5) is 7.40. The molecule has 0 saturated heterocycles. The maximum atomic E-state index is 9.02. The molecule has 1 heterocycles. The van der Waals surface area contributed by atoms with Crippen molar-refractivity contribution in [2.75, 3.05) is 0 Å². The summed E-state index contributed by atoms with van der Waals surface area (Å²) in [5.41, 5.74) is 2.53. The standard InChI is InChI=1S/C11H11ClN2O.ClH/c1-7-10(6-15)14-11(13-7)8-2-4-9(12)5-3-8;/h2-5,15H,6H2,1H3,(H,13,14);1H. The van der Waals surface area contributed by atoms with Crippen LogP contribution in [0.25, 0.3) is 11.4 Å². The third-order valence-corrected chi connectivity index (χ3v) is 2.50. The Kier molecular flexibility index (Phi) is 4.35. The first-order valence-corrected chi connectivity index (χ1v) is 5.01. The van der Waals surface area contributed by atoms with Crippen LogP contribution in [0, 0.1) is 6.92 Å². The molecule has 5 heteroatoms. The van der Waals surface area contributed by atoms with Gasteiger partial charge in [0.1, 0.15) is 5.82 Å². The molecule has 86 valence electrons. The van der Waals surface area contributed by atoms with Gasteiger partial charge in [0.2, 0.25) is 0 Å². The molecule has 0 saturated carbocycles. The number of imidazole rings is 1. The molecular formula is C11H12Cl2N2O. The molecular weight excluding hydrogens is 247 g/mol. The van der Waals surface area contributed by atoms with Crippen LogP contribution in [-0.2, 0) is 6.61 Å². The van der Waals surface area contributed by atoms with Crippen LogP contribution in [0.4, 0.5) is 0 Å². The van der Waals surface area contributed by atoms with Gasteiger partial charge in [-0.05, 0) is 31.2 Å². The molecule has 1 aromatic carbocycles. The fourth-order valence-corrected chi connectivity index (χ4v) is 1.52. The van der Waals surface area contributed by atoms with Gasteiger partial charge in [0, 0.05) is 16.3 Å².